The third kappa shape index (κ3) is 2.07. The lowest BCUT2D eigenvalue weighted by Gasteiger charge is -2.09. The van der Waals surface area contributed by atoms with E-state index in [1.54, 1.807) is 0 Å². The van der Waals surface area contributed by atoms with Gasteiger partial charge in [0.1, 0.15) is 5.82 Å². The van der Waals surface area contributed by atoms with E-state index in [0.29, 0.717) is 0 Å². The van der Waals surface area contributed by atoms with E-state index in [1.165, 1.54) is 0 Å². The standard InChI is InChI=1S/C19H15N3/c1-14-12-17-18(13-20-14)22(16-10-6-3-7-11-16)19(21-17)15-8-4-2-5-9-15/h2-13H,1H3. The molecule has 0 N–H and O–H groups in total. The van der Waals surface area contributed by atoms with Crippen molar-refractivity contribution in [3.8, 4) is 17.1 Å². The lowest BCUT2D eigenvalue weighted by molar-refractivity contribution is 1.09. The second-order valence-corrected chi connectivity index (χ2v) is 5.29. The van der Waals surface area contributed by atoms with Crippen molar-refractivity contribution in [3.63, 3.8) is 0 Å². The van der Waals surface area contributed by atoms with Gasteiger partial charge in [0.15, 0.2) is 0 Å². The van der Waals surface area contributed by atoms with Gasteiger partial charge >= 0.3 is 0 Å². The second-order valence-electron chi connectivity index (χ2n) is 5.29. The molecule has 0 aliphatic heterocycles. The molecule has 0 amide bonds. The van der Waals surface area contributed by atoms with Crippen molar-refractivity contribution in [1.82, 2.24) is 14.5 Å². The molecule has 0 saturated carbocycles. The van der Waals surface area contributed by atoms with Crippen molar-refractivity contribution in [1.29, 1.82) is 0 Å². The molecule has 0 bridgehead atoms. The molecule has 2 heterocycles. The van der Waals surface area contributed by atoms with Gasteiger partial charge in [-0.3, -0.25) is 9.55 Å². The van der Waals surface area contributed by atoms with Crippen molar-refractivity contribution >= 4 is 11.0 Å². The van der Waals surface area contributed by atoms with Gasteiger partial charge in [0.2, 0.25) is 0 Å². The van der Waals surface area contributed by atoms with Crippen LogP contribution >= 0.6 is 0 Å². The number of aryl methyl sites for hydroxylation is 1. The maximum atomic E-state index is 4.84. The molecule has 0 fully saturated rings. The second kappa shape index (κ2) is 5.11. The molecule has 4 aromatic rings. The first-order valence-corrected chi connectivity index (χ1v) is 7.29. The number of rotatable bonds is 2. The monoisotopic (exact) mass is 285 g/mol. The van der Waals surface area contributed by atoms with E-state index >= 15 is 0 Å². The molecule has 3 heteroatoms. The molecule has 106 valence electrons. The van der Waals surface area contributed by atoms with E-state index in [4.69, 9.17) is 4.98 Å². The predicted molar refractivity (Wildman–Crippen MR) is 89.0 cm³/mol. The summed E-state index contributed by atoms with van der Waals surface area (Å²) in [5, 5.41) is 0. The average molecular weight is 285 g/mol. The average Bonchev–Trinajstić information content (AvgIpc) is 2.95. The van der Waals surface area contributed by atoms with Gasteiger partial charge in [0.25, 0.3) is 0 Å². The third-order valence-corrected chi connectivity index (χ3v) is 3.72. The van der Waals surface area contributed by atoms with Crippen molar-refractivity contribution in [3.05, 3.63) is 78.6 Å². The zero-order valence-electron chi connectivity index (χ0n) is 12.3. The summed E-state index contributed by atoms with van der Waals surface area (Å²) in [6.07, 6.45) is 1.90. The Morgan fingerprint density at radius 2 is 1.55 bits per heavy atom. The van der Waals surface area contributed by atoms with Crippen LogP contribution in [-0.2, 0) is 0 Å². The summed E-state index contributed by atoms with van der Waals surface area (Å²) in [7, 11) is 0. The summed E-state index contributed by atoms with van der Waals surface area (Å²) < 4.78 is 2.16. The van der Waals surface area contributed by atoms with Crippen LogP contribution in [0.3, 0.4) is 0 Å². The molecule has 0 aliphatic rings. The zero-order valence-corrected chi connectivity index (χ0v) is 12.3. The minimum Gasteiger partial charge on any atom is -0.291 e. The van der Waals surface area contributed by atoms with Gasteiger partial charge in [0, 0.05) is 16.9 Å². The molecule has 4 rings (SSSR count). The Hall–Kier alpha value is -2.94. The van der Waals surface area contributed by atoms with Gasteiger partial charge in [-0.1, -0.05) is 48.5 Å². The van der Waals surface area contributed by atoms with Crippen LogP contribution in [0.15, 0.2) is 72.9 Å². The van der Waals surface area contributed by atoms with E-state index in [0.717, 1.165) is 33.8 Å². The Morgan fingerprint density at radius 3 is 2.27 bits per heavy atom. The van der Waals surface area contributed by atoms with Crippen LogP contribution in [-0.4, -0.2) is 14.5 Å². The molecule has 0 spiro atoms. The molecule has 0 unspecified atom stereocenters. The third-order valence-electron chi connectivity index (χ3n) is 3.72. The van der Waals surface area contributed by atoms with Gasteiger partial charge in [-0.15, -0.1) is 0 Å². The van der Waals surface area contributed by atoms with Crippen LogP contribution in [0.25, 0.3) is 28.1 Å². The Bertz CT molecular complexity index is 925. The largest absolute Gasteiger partial charge is 0.291 e. The molecule has 2 aromatic carbocycles. The molecule has 0 atom stereocenters. The van der Waals surface area contributed by atoms with Crippen molar-refractivity contribution in [2.75, 3.05) is 0 Å². The highest BCUT2D eigenvalue weighted by Gasteiger charge is 2.14. The lowest BCUT2D eigenvalue weighted by Crippen LogP contribution is -1.97. The Morgan fingerprint density at radius 1 is 0.864 bits per heavy atom. The number of pyridine rings is 1. The van der Waals surface area contributed by atoms with E-state index in [-0.39, 0.29) is 0 Å². The van der Waals surface area contributed by atoms with Gasteiger partial charge in [-0.25, -0.2) is 4.98 Å². The lowest BCUT2D eigenvalue weighted by atomic mass is 10.2. The Kier molecular flexibility index (Phi) is 2.97. The van der Waals surface area contributed by atoms with Crippen LogP contribution < -0.4 is 0 Å². The van der Waals surface area contributed by atoms with Crippen LogP contribution in [0.4, 0.5) is 0 Å². The fraction of sp³-hybridized carbons (Fsp3) is 0.0526. The summed E-state index contributed by atoms with van der Waals surface area (Å²) >= 11 is 0. The SMILES string of the molecule is Cc1cc2nc(-c3ccccc3)n(-c3ccccc3)c2cn1. The van der Waals surface area contributed by atoms with E-state index < -0.39 is 0 Å². The quantitative estimate of drug-likeness (QED) is 0.546. The summed E-state index contributed by atoms with van der Waals surface area (Å²) in [5.41, 5.74) is 5.16. The number of imidazole rings is 1. The number of benzene rings is 2. The van der Waals surface area contributed by atoms with Crippen LogP contribution in [0.1, 0.15) is 5.69 Å². The van der Waals surface area contributed by atoms with Crippen molar-refractivity contribution in [2.24, 2.45) is 0 Å². The minimum atomic E-state index is 0.939. The number of nitrogens with zero attached hydrogens (tertiary/aromatic N) is 3. The summed E-state index contributed by atoms with van der Waals surface area (Å²) in [6.45, 7) is 1.99. The van der Waals surface area contributed by atoms with Gasteiger partial charge in [0.05, 0.1) is 17.2 Å². The van der Waals surface area contributed by atoms with Crippen molar-refractivity contribution in [2.45, 2.75) is 6.92 Å². The highest BCUT2D eigenvalue weighted by atomic mass is 15.1. The zero-order chi connectivity index (χ0) is 14.9. The van der Waals surface area contributed by atoms with Crippen LogP contribution in [0, 0.1) is 6.92 Å². The predicted octanol–water partition coefficient (Wildman–Crippen LogP) is 4.40. The van der Waals surface area contributed by atoms with Gasteiger partial charge < -0.3 is 0 Å². The van der Waals surface area contributed by atoms with E-state index in [2.05, 4.69) is 33.8 Å². The molecule has 22 heavy (non-hydrogen) atoms. The maximum Gasteiger partial charge on any atom is 0.145 e. The normalized spacial score (nSPS) is 11.0. The molecular formula is C19H15N3. The smallest absolute Gasteiger partial charge is 0.145 e. The highest BCUT2D eigenvalue weighted by molar-refractivity contribution is 5.82. The van der Waals surface area contributed by atoms with Crippen molar-refractivity contribution < 1.29 is 0 Å². The maximum absolute atomic E-state index is 4.84. The summed E-state index contributed by atoms with van der Waals surface area (Å²) in [6, 6.07) is 22.6. The minimum absolute atomic E-state index is 0.939. The number of fused-ring (bicyclic) bond motifs is 1. The molecule has 3 nitrogen and oxygen atoms in total. The number of para-hydroxylation sites is 1. The Labute approximate surface area is 128 Å². The van der Waals surface area contributed by atoms with E-state index in [9.17, 15) is 0 Å². The molecule has 0 radical (unpaired) electrons. The van der Waals surface area contributed by atoms with Crippen LogP contribution in [0.5, 0.6) is 0 Å². The topological polar surface area (TPSA) is 30.7 Å². The summed E-state index contributed by atoms with van der Waals surface area (Å²) in [4.78, 5) is 9.28. The Balaban J connectivity index is 2.07. The first-order chi connectivity index (χ1) is 10.8. The number of hydrogen-bond donors (Lipinski definition) is 0. The fourth-order valence-corrected chi connectivity index (χ4v) is 2.70. The van der Waals surface area contributed by atoms with Gasteiger partial charge in [-0.2, -0.15) is 0 Å². The molecule has 0 saturated heterocycles. The fourth-order valence-electron chi connectivity index (χ4n) is 2.70. The first-order valence-electron chi connectivity index (χ1n) is 7.29. The van der Waals surface area contributed by atoms with E-state index in [1.807, 2.05) is 55.6 Å². The number of hydrogen-bond acceptors (Lipinski definition) is 2. The van der Waals surface area contributed by atoms with Gasteiger partial charge in [-0.05, 0) is 25.1 Å². The number of aromatic nitrogens is 3. The molecule has 2 aromatic heterocycles. The summed E-state index contributed by atoms with van der Waals surface area (Å²) in [5.74, 6) is 0.939. The first kappa shape index (κ1) is 12.8. The highest BCUT2D eigenvalue weighted by Crippen LogP contribution is 2.28. The molecule has 0 aliphatic carbocycles. The molecular weight excluding hydrogens is 270 g/mol. The van der Waals surface area contributed by atoms with Crippen LogP contribution in [0.2, 0.25) is 0 Å².